The number of hydrogen-bond acceptors (Lipinski definition) is 3. The molecule has 1 saturated carbocycles. The van der Waals surface area contributed by atoms with Gasteiger partial charge in [0, 0.05) is 5.92 Å². The molecule has 0 spiro atoms. The molecule has 1 fully saturated rings. The van der Waals surface area contributed by atoms with Gasteiger partial charge < -0.3 is 4.43 Å². The standard InChI is InChI=1S/C22H36O3SSi/c1-17-14-15-20(25-27(7,8)21(2,3)4)22(5,6)19(17)16-26(23,24)18-12-10-9-11-13-18/h9-13,19-20H,1,14-16H2,2-8H3/t19-,20+/m1/s1. The van der Waals surface area contributed by atoms with Gasteiger partial charge in [0.15, 0.2) is 18.2 Å². The van der Waals surface area contributed by atoms with E-state index in [-0.39, 0.29) is 28.2 Å². The Balaban J connectivity index is 2.30. The van der Waals surface area contributed by atoms with E-state index in [1.165, 1.54) is 0 Å². The van der Waals surface area contributed by atoms with Crippen LogP contribution in [0.2, 0.25) is 18.1 Å². The monoisotopic (exact) mass is 408 g/mol. The second kappa shape index (κ2) is 7.49. The molecule has 3 nitrogen and oxygen atoms in total. The minimum atomic E-state index is -3.36. The van der Waals surface area contributed by atoms with Crippen LogP contribution in [0.1, 0.15) is 47.5 Å². The molecule has 1 aromatic carbocycles. The van der Waals surface area contributed by atoms with Crippen LogP contribution in [0.25, 0.3) is 0 Å². The summed E-state index contributed by atoms with van der Waals surface area (Å²) in [5, 5.41) is 0.128. The van der Waals surface area contributed by atoms with Gasteiger partial charge in [0.1, 0.15) is 0 Å². The Morgan fingerprint density at radius 3 is 2.26 bits per heavy atom. The van der Waals surface area contributed by atoms with E-state index in [0.717, 1.165) is 18.4 Å². The summed E-state index contributed by atoms with van der Waals surface area (Å²) in [6, 6.07) is 8.74. The van der Waals surface area contributed by atoms with Gasteiger partial charge in [-0.1, -0.05) is 65.0 Å². The number of benzene rings is 1. The van der Waals surface area contributed by atoms with Crippen LogP contribution in [0.5, 0.6) is 0 Å². The Morgan fingerprint density at radius 2 is 1.74 bits per heavy atom. The molecule has 5 heteroatoms. The first kappa shape index (κ1) is 22.4. The third-order valence-electron chi connectivity index (χ3n) is 6.68. The summed E-state index contributed by atoms with van der Waals surface area (Å²) in [6.45, 7) is 19.8. The fourth-order valence-electron chi connectivity index (χ4n) is 3.63. The third kappa shape index (κ3) is 4.74. The van der Waals surface area contributed by atoms with Crippen molar-refractivity contribution >= 4 is 18.2 Å². The van der Waals surface area contributed by atoms with Crippen LogP contribution >= 0.6 is 0 Å². The van der Waals surface area contributed by atoms with Gasteiger partial charge in [-0.2, -0.15) is 0 Å². The molecule has 0 heterocycles. The van der Waals surface area contributed by atoms with E-state index in [4.69, 9.17) is 4.43 Å². The largest absolute Gasteiger partial charge is 0.413 e. The Hall–Kier alpha value is -0.913. The van der Waals surface area contributed by atoms with Gasteiger partial charge >= 0.3 is 0 Å². The van der Waals surface area contributed by atoms with E-state index in [9.17, 15) is 8.42 Å². The number of hydrogen-bond donors (Lipinski definition) is 0. The van der Waals surface area contributed by atoms with Crippen LogP contribution in [0.4, 0.5) is 0 Å². The lowest BCUT2D eigenvalue weighted by molar-refractivity contribution is 0.00934. The molecular weight excluding hydrogens is 372 g/mol. The molecule has 0 radical (unpaired) electrons. The highest BCUT2D eigenvalue weighted by Crippen LogP contribution is 2.49. The SMILES string of the molecule is C=C1CC[C@H](O[Si](C)(C)C(C)(C)C)C(C)(C)[C@@H]1CS(=O)(=O)c1ccccc1. The Bertz CT molecular complexity index is 774. The maximum Gasteiger partial charge on any atom is 0.192 e. The molecule has 0 unspecified atom stereocenters. The molecule has 1 aromatic rings. The van der Waals surface area contributed by atoms with Crippen LogP contribution in [-0.2, 0) is 14.3 Å². The van der Waals surface area contributed by atoms with Crippen molar-refractivity contribution in [2.24, 2.45) is 11.3 Å². The summed E-state index contributed by atoms with van der Waals surface area (Å²) in [7, 11) is -5.30. The van der Waals surface area contributed by atoms with Crippen LogP contribution < -0.4 is 0 Å². The maximum atomic E-state index is 13.0. The van der Waals surface area contributed by atoms with Crippen LogP contribution in [0.15, 0.2) is 47.4 Å². The number of allylic oxidation sites excluding steroid dienone is 1. The van der Waals surface area contributed by atoms with Gasteiger partial charge in [-0.25, -0.2) is 8.42 Å². The summed E-state index contributed by atoms with van der Waals surface area (Å²) in [5.41, 5.74) is 0.766. The Labute approximate surface area is 167 Å². The van der Waals surface area contributed by atoms with Gasteiger partial charge in [0.2, 0.25) is 0 Å². The summed E-state index contributed by atoms with van der Waals surface area (Å²) >= 11 is 0. The minimum absolute atomic E-state index is 0.0554. The quantitative estimate of drug-likeness (QED) is 0.454. The Morgan fingerprint density at radius 1 is 1.19 bits per heavy atom. The molecule has 27 heavy (non-hydrogen) atoms. The lowest BCUT2D eigenvalue weighted by Crippen LogP contribution is -2.52. The lowest BCUT2D eigenvalue weighted by atomic mass is 9.66. The highest BCUT2D eigenvalue weighted by molar-refractivity contribution is 7.91. The van der Waals surface area contributed by atoms with Gasteiger partial charge in [-0.15, -0.1) is 0 Å². The van der Waals surface area contributed by atoms with Crippen LogP contribution in [-0.4, -0.2) is 28.6 Å². The van der Waals surface area contributed by atoms with Crippen LogP contribution in [0.3, 0.4) is 0 Å². The molecule has 1 aliphatic rings. The zero-order chi connectivity index (χ0) is 20.7. The van der Waals surface area contributed by atoms with Gasteiger partial charge in [-0.3, -0.25) is 0 Å². The topological polar surface area (TPSA) is 43.4 Å². The summed E-state index contributed by atoms with van der Waals surface area (Å²) in [6.07, 6.45) is 1.80. The molecule has 0 aromatic heterocycles. The zero-order valence-corrected chi connectivity index (χ0v) is 19.8. The van der Waals surface area contributed by atoms with Gasteiger partial charge in [0.05, 0.1) is 16.8 Å². The van der Waals surface area contributed by atoms with E-state index >= 15 is 0 Å². The van der Waals surface area contributed by atoms with E-state index in [1.54, 1.807) is 24.3 Å². The average molecular weight is 409 g/mol. The molecule has 0 aliphatic heterocycles. The first-order valence-electron chi connectivity index (χ1n) is 9.82. The predicted molar refractivity (Wildman–Crippen MR) is 116 cm³/mol. The third-order valence-corrected chi connectivity index (χ3v) is 12.9. The molecule has 0 N–H and O–H groups in total. The van der Waals surface area contributed by atoms with E-state index in [2.05, 4.69) is 54.3 Å². The zero-order valence-electron chi connectivity index (χ0n) is 18.0. The summed E-state index contributed by atoms with van der Waals surface area (Å²) in [4.78, 5) is 0.390. The first-order valence-corrected chi connectivity index (χ1v) is 14.4. The second-order valence-corrected chi connectivity index (χ2v) is 16.8. The smallest absolute Gasteiger partial charge is 0.192 e. The predicted octanol–water partition coefficient (Wildman–Crippen LogP) is 5.84. The maximum absolute atomic E-state index is 13.0. The lowest BCUT2D eigenvalue weighted by Gasteiger charge is -2.50. The Kier molecular flexibility index (Phi) is 6.21. The van der Waals surface area contributed by atoms with E-state index in [0.29, 0.717) is 4.90 Å². The van der Waals surface area contributed by atoms with Crippen LogP contribution in [0, 0.1) is 11.3 Å². The highest BCUT2D eigenvalue weighted by atomic mass is 32.2. The number of rotatable bonds is 5. The molecule has 1 aliphatic carbocycles. The normalized spacial score (nSPS) is 24.0. The average Bonchev–Trinajstić information content (AvgIpc) is 2.54. The molecule has 0 amide bonds. The van der Waals surface area contributed by atoms with Gasteiger partial charge in [0.25, 0.3) is 0 Å². The van der Waals surface area contributed by atoms with E-state index in [1.807, 2.05) is 6.07 Å². The van der Waals surface area contributed by atoms with Crippen molar-refractivity contribution in [2.75, 3.05) is 5.75 Å². The summed E-state index contributed by atoms with van der Waals surface area (Å²) in [5.74, 6) is -0.00792. The van der Waals surface area contributed by atoms with Gasteiger partial charge in [-0.05, 0) is 48.5 Å². The molecule has 2 rings (SSSR count). The molecule has 152 valence electrons. The van der Waals surface area contributed by atoms with E-state index < -0.39 is 18.2 Å². The van der Waals surface area contributed by atoms with Crippen molar-refractivity contribution in [2.45, 2.75) is 76.6 Å². The minimum Gasteiger partial charge on any atom is -0.413 e. The second-order valence-electron chi connectivity index (χ2n) is 10.0. The van der Waals surface area contributed by atoms with Crippen molar-refractivity contribution in [3.63, 3.8) is 0 Å². The number of sulfone groups is 1. The van der Waals surface area contributed by atoms with Crippen molar-refractivity contribution in [3.8, 4) is 0 Å². The van der Waals surface area contributed by atoms with Crippen molar-refractivity contribution in [1.29, 1.82) is 0 Å². The van der Waals surface area contributed by atoms with Crippen molar-refractivity contribution in [3.05, 3.63) is 42.5 Å². The molecule has 2 atom stereocenters. The van der Waals surface area contributed by atoms with Crippen molar-refractivity contribution in [1.82, 2.24) is 0 Å². The molecular formula is C22H36O3SSi. The first-order chi connectivity index (χ1) is 12.2. The van der Waals surface area contributed by atoms with Crippen molar-refractivity contribution < 1.29 is 12.8 Å². The molecule has 0 bridgehead atoms. The fourth-order valence-corrected chi connectivity index (χ4v) is 6.99. The highest BCUT2D eigenvalue weighted by Gasteiger charge is 2.48. The summed E-state index contributed by atoms with van der Waals surface area (Å²) < 4.78 is 32.8. The molecule has 0 saturated heterocycles. The fraction of sp³-hybridized carbons (Fsp3) is 0.636.